The molecule has 0 spiro atoms. The van der Waals surface area contributed by atoms with Gasteiger partial charge in [0.2, 0.25) is 11.8 Å². The Bertz CT molecular complexity index is 785. The van der Waals surface area contributed by atoms with Crippen LogP contribution in [0.1, 0.15) is 18.7 Å². The van der Waals surface area contributed by atoms with Crippen LogP contribution in [-0.2, 0) is 13.1 Å². The van der Waals surface area contributed by atoms with Crippen LogP contribution in [0.25, 0.3) is 11.5 Å². The molecule has 1 atom stereocenters. The molecule has 0 amide bonds. The highest BCUT2D eigenvalue weighted by Gasteiger charge is 2.26. The third kappa shape index (κ3) is 3.18. The highest BCUT2D eigenvalue weighted by molar-refractivity contribution is 5.51. The Morgan fingerprint density at radius 3 is 2.88 bits per heavy atom. The van der Waals surface area contributed by atoms with E-state index < -0.39 is 0 Å². The predicted octanol–water partition coefficient (Wildman–Crippen LogP) is 2.13. The monoisotopic (exact) mass is 328 g/mol. The van der Waals surface area contributed by atoms with Gasteiger partial charge in [0.05, 0.1) is 13.1 Å². The molecule has 124 valence electrons. The highest BCUT2D eigenvalue weighted by atomic mass is 19.1. The molecule has 24 heavy (non-hydrogen) atoms. The molecule has 0 radical (unpaired) electrons. The summed E-state index contributed by atoms with van der Waals surface area (Å²) >= 11 is 0. The molecule has 1 aromatic carbocycles. The number of likely N-dealkylation sites (tertiary alicyclic amines) is 1. The lowest BCUT2D eigenvalue weighted by Gasteiger charge is -2.22. The topological polar surface area (TPSA) is 72.9 Å². The minimum Gasteiger partial charge on any atom is -0.419 e. The van der Waals surface area contributed by atoms with Crippen LogP contribution in [0.3, 0.4) is 0 Å². The van der Waals surface area contributed by atoms with E-state index in [-0.39, 0.29) is 5.82 Å². The van der Waals surface area contributed by atoms with Crippen LogP contribution in [-0.4, -0.2) is 42.4 Å². The van der Waals surface area contributed by atoms with Crippen LogP contribution in [0.4, 0.5) is 4.39 Å². The SMILES string of the molecule is Fc1ccc(-c2nnc(CN3CCC[C@H]3Cn3cncn3)o2)cc1. The van der Waals surface area contributed by atoms with Gasteiger partial charge in [-0.05, 0) is 43.7 Å². The number of halogens is 1. The van der Waals surface area contributed by atoms with Crippen molar-refractivity contribution in [3.05, 3.63) is 48.6 Å². The lowest BCUT2D eigenvalue weighted by atomic mass is 10.2. The smallest absolute Gasteiger partial charge is 0.247 e. The van der Waals surface area contributed by atoms with E-state index in [1.165, 1.54) is 12.1 Å². The van der Waals surface area contributed by atoms with Gasteiger partial charge in [0.1, 0.15) is 18.5 Å². The van der Waals surface area contributed by atoms with Gasteiger partial charge in [-0.1, -0.05) is 0 Å². The van der Waals surface area contributed by atoms with E-state index in [1.807, 2.05) is 4.68 Å². The van der Waals surface area contributed by atoms with Gasteiger partial charge in [-0.3, -0.25) is 9.58 Å². The molecular formula is C16H17FN6O. The molecule has 1 saturated heterocycles. The largest absolute Gasteiger partial charge is 0.419 e. The van der Waals surface area contributed by atoms with E-state index in [0.717, 1.165) is 31.5 Å². The first kappa shape index (κ1) is 14.9. The number of hydrogen-bond acceptors (Lipinski definition) is 6. The lowest BCUT2D eigenvalue weighted by Crippen LogP contribution is -2.32. The van der Waals surface area contributed by atoms with Crippen molar-refractivity contribution >= 4 is 0 Å². The van der Waals surface area contributed by atoms with E-state index in [9.17, 15) is 4.39 Å². The Kier molecular flexibility index (Phi) is 4.04. The zero-order chi connectivity index (χ0) is 16.4. The normalized spacial score (nSPS) is 18.3. The third-order valence-electron chi connectivity index (χ3n) is 4.26. The second-order valence-electron chi connectivity index (χ2n) is 5.89. The second kappa shape index (κ2) is 6.48. The number of nitrogens with zero attached hydrogens (tertiary/aromatic N) is 6. The van der Waals surface area contributed by atoms with Crippen molar-refractivity contribution < 1.29 is 8.81 Å². The van der Waals surface area contributed by atoms with Crippen LogP contribution in [0.15, 0.2) is 41.3 Å². The molecule has 4 rings (SSSR count). The van der Waals surface area contributed by atoms with E-state index in [1.54, 1.807) is 24.8 Å². The average molecular weight is 328 g/mol. The van der Waals surface area contributed by atoms with E-state index in [0.29, 0.717) is 24.4 Å². The minimum atomic E-state index is -0.286. The van der Waals surface area contributed by atoms with Crippen molar-refractivity contribution in [2.45, 2.75) is 32.0 Å². The van der Waals surface area contributed by atoms with Gasteiger partial charge < -0.3 is 4.42 Å². The molecule has 0 aliphatic carbocycles. The summed E-state index contributed by atoms with van der Waals surface area (Å²) in [5.74, 6) is 0.698. The summed E-state index contributed by atoms with van der Waals surface area (Å²) in [7, 11) is 0. The Morgan fingerprint density at radius 1 is 1.21 bits per heavy atom. The van der Waals surface area contributed by atoms with E-state index in [4.69, 9.17) is 4.42 Å². The molecule has 3 aromatic rings. The summed E-state index contributed by atoms with van der Waals surface area (Å²) in [4.78, 5) is 6.31. The summed E-state index contributed by atoms with van der Waals surface area (Å²) in [5.41, 5.74) is 0.718. The van der Waals surface area contributed by atoms with Crippen molar-refractivity contribution in [2.24, 2.45) is 0 Å². The molecule has 0 saturated carbocycles. The van der Waals surface area contributed by atoms with Gasteiger partial charge in [0.25, 0.3) is 0 Å². The molecular weight excluding hydrogens is 311 g/mol. The molecule has 2 aromatic heterocycles. The Balaban J connectivity index is 1.44. The van der Waals surface area contributed by atoms with Gasteiger partial charge in [-0.2, -0.15) is 5.10 Å². The van der Waals surface area contributed by atoms with Crippen LogP contribution in [0, 0.1) is 5.82 Å². The summed E-state index contributed by atoms with van der Waals surface area (Å²) in [6.07, 6.45) is 5.53. The average Bonchev–Trinajstić information content (AvgIpc) is 3.32. The third-order valence-corrected chi connectivity index (χ3v) is 4.26. The van der Waals surface area contributed by atoms with Gasteiger partial charge in [-0.15, -0.1) is 10.2 Å². The van der Waals surface area contributed by atoms with Gasteiger partial charge in [-0.25, -0.2) is 9.37 Å². The zero-order valence-corrected chi connectivity index (χ0v) is 13.0. The summed E-state index contributed by atoms with van der Waals surface area (Å²) in [5, 5.41) is 12.4. The molecule has 0 N–H and O–H groups in total. The Morgan fingerprint density at radius 2 is 2.08 bits per heavy atom. The fourth-order valence-electron chi connectivity index (χ4n) is 3.05. The Labute approximate surface area is 138 Å². The highest BCUT2D eigenvalue weighted by Crippen LogP contribution is 2.23. The number of hydrogen-bond donors (Lipinski definition) is 0. The lowest BCUT2D eigenvalue weighted by molar-refractivity contribution is 0.200. The summed E-state index contributed by atoms with van der Waals surface area (Å²) in [6, 6.07) is 6.42. The molecule has 7 nitrogen and oxygen atoms in total. The Hall–Kier alpha value is -2.61. The van der Waals surface area contributed by atoms with Crippen LogP contribution in [0.5, 0.6) is 0 Å². The fraction of sp³-hybridized carbons (Fsp3) is 0.375. The van der Waals surface area contributed by atoms with Gasteiger partial charge >= 0.3 is 0 Å². The maximum atomic E-state index is 13.0. The summed E-state index contributed by atoms with van der Waals surface area (Å²) in [6.45, 7) is 2.40. The molecule has 1 aliphatic heterocycles. The van der Waals surface area contributed by atoms with Crippen molar-refractivity contribution in [3.63, 3.8) is 0 Å². The minimum absolute atomic E-state index is 0.286. The second-order valence-corrected chi connectivity index (χ2v) is 5.89. The van der Waals surface area contributed by atoms with Crippen molar-refractivity contribution in [2.75, 3.05) is 6.54 Å². The number of aromatic nitrogens is 5. The predicted molar refractivity (Wildman–Crippen MR) is 83.1 cm³/mol. The molecule has 1 fully saturated rings. The molecule has 0 unspecified atom stereocenters. The first-order chi connectivity index (χ1) is 11.8. The van der Waals surface area contributed by atoms with E-state index in [2.05, 4.69) is 25.2 Å². The van der Waals surface area contributed by atoms with Crippen LogP contribution < -0.4 is 0 Å². The summed E-state index contributed by atoms with van der Waals surface area (Å²) < 4.78 is 20.6. The first-order valence-corrected chi connectivity index (χ1v) is 7.93. The molecule has 1 aliphatic rings. The van der Waals surface area contributed by atoms with Crippen LogP contribution in [0.2, 0.25) is 0 Å². The van der Waals surface area contributed by atoms with Gasteiger partial charge in [0, 0.05) is 11.6 Å². The maximum Gasteiger partial charge on any atom is 0.247 e. The van der Waals surface area contributed by atoms with Crippen molar-refractivity contribution in [3.8, 4) is 11.5 Å². The molecule has 8 heteroatoms. The standard InChI is InChI=1S/C16H17FN6O/c17-13-5-3-12(4-6-13)16-21-20-15(24-16)9-22-7-1-2-14(22)8-23-11-18-10-19-23/h3-6,10-11,14H,1-2,7-9H2/t14-/m0/s1. The molecule has 0 bridgehead atoms. The number of rotatable bonds is 5. The maximum absolute atomic E-state index is 13.0. The number of benzene rings is 1. The zero-order valence-electron chi connectivity index (χ0n) is 13.0. The van der Waals surface area contributed by atoms with Crippen LogP contribution >= 0.6 is 0 Å². The van der Waals surface area contributed by atoms with Crippen molar-refractivity contribution in [1.29, 1.82) is 0 Å². The fourth-order valence-corrected chi connectivity index (χ4v) is 3.05. The quantitative estimate of drug-likeness (QED) is 0.714. The first-order valence-electron chi connectivity index (χ1n) is 7.93. The van der Waals surface area contributed by atoms with Gasteiger partial charge in [0.15, 0.2) is 0 Å². The van der Waals surface area contributed by atoms with Crippen molar-refractivity contribution in [1.82, 2.24) is 29.9 Å². The van der Waals surface area contributed by atoms with E-state index >= 15 is 0 Å². The molecule has 3 heterocycles.